The molecule has 0 spiro atoms. The Hall–Kier alpha value is -1.81. The molecule has 5 heteroatoms. The van der Waals surface area contributed by atoms with Crippen molar-refractivity contribution < 1.29 is 4.74 Å². The topological polar surface area (TPSA) is 47.0 Å². The van der Waals surface area contributed by atoms with E-state index >= 15 is 0 Å². The molecule has 106 valence electrons. The second-order valence-electron chi connectivity index (χ2n) is 4.59. The molecular formula is C15H18ClN3O. The highest BCUT2D eigenvalue weighted by Crippen LogP contribution is 2.30. The van der Waals surface area contributed by atoms with Gasteiger partial charge in [0, 0.05) is 11.6 Å². The summed E-state index contributed by atoms with van der Waals surface area (Å²) < 4.78 is 5.91. The third-order valence-electron chi connectivity index (χ3n) is 2.90. The number of benzene rings is 1. The van der Waals surface area contributed by atoms with E-state index in [9.17, 15) is 0 Å². The first kappa shape index (κ1) is 14.6. The lowest BCUT2D eigenvalue weighted by molar-refractivity contribution is 0.453. The van der Waals surface area contributed by atoms with Gasteiger partial charge in [-0.05, 0) is 51.5 Å². The van der Waals surface area contributed by atoms with Gasteiger partial charge in [0.05, 0.1) is 5.56 Å². The Morgan fingerprint density at radius 2 is 1.95 bits per heavy atom. The van der Waals surface area contributed by atoms with Crippen molar-refractivity contribution in [2.24, 2.45) is 0 Å². The second kappa shape index (κ2) is 6.09. The molecule has 0 unspecified atom stereocenters. The molecule has 1 heterocycles. The molecule has 0 aliphatic heterocycles. The maximum atomic E-state index is 5.95. The molecule has 4 nitrogen and oxygen atoms in total. The van der Waals surface area contributed by atoms with Crippen molar-refractivity contribution >= 4 is 17.4 Å². The van der Waals surface area contributed by atoms with Gasteiger partial charge < -0.3 is 10.1 Å². The van der Waals surface area contributed by atoms with Crippen LogP contribution in [0.25, 0.3) is 0 Å². The van der Waals surface area contributed by atoms with Crippen molar-refractivity contribution in [3.8, 4) is 11.6 Å². The standard InChI is InChI=1S/C15H18ClN3O/c1-5-17-14-10(3)15(19-11(4)18-14)20-13-7-6-12(16)8-9(13)2/h6-8H,5H2,1-4H3,(H,17,18,19). The number of nitrogens with one attached hydrogen (secondary N) is 1. The molecule has 0 radical (unpaired) electrons. The number of rotatable bonds is 4. The molecule has 0 aliphatic rings. The molecule has 0 saturated heterocycles. The van der Waals surface area contributed by atoms with Crippen LogP contribution >= 0.6 is 11.6 Å². The van der Waals surface area contributed by atoms with Crippen LogP contribution in [0.15, 0.2) is 18.2 Å². The maximum absolute atomic E-state index is 5.95. The normalized spacial score (nSPS) is 10.4. The predicted octanol–water partition coefficient (Wildman–Crippen LogP) is 4.28. The molecule has 1 aromatic carbocycles. The van der Waals surface area contributed by atoms with Crippen LogP contribution in [0.2, 0.25) is 5.02 Å². The van der Waals surface area contributed by atoms with E-state index in [1.165, 1.54) is 0 Å². The average molecular weight is 292 g/mol. The molecule has 20 heavy (non-hydrogen) atoms. The Morgan fingerprint density at radius 1 is 1.20 bits per heavy atom. The second-order valence-corrected chi connectivity index (χ2v) is 5.03. The summed E-state index contributed by atoms with van der Waals surface area (Å²) in [5.74, 6) is 2.80. The van der Waals surface area contributed by atoms with E-state index in [1.807, 2.05) is 39.8 Å². The van der Waals surface area contributed by atoms with Crippen molar-refractivity contribution in [2.75, 3.05) is 11.9 Å². The van der Waals surface area contributed by atoms with Crippen molar-refractivity contribution in [2.45, 2.75) is 27.7 Å². The van der Waals surface area contributed by atoms with Gasteiger partial charge in [0.25, 0.3) is 0 Å². The van der Waals surface area contributed by atoms with E-state index in [0.717, 1.165) is 29.2 Å². The van der Waals surface area contributed by atoms with Gasteiger partial charge in [-0.2, -0.15) is 4.98 Å². The van der Waals surface area contributed by atoms with Crippen molar-refractivity contribution in [1.82, 2.24) is 9.97 Å². The first-order valence-electron chi connectivity index (χ1n) is 6.54. The van der Waals surface area contributed by atoms with Gasteiger partial charge >= 0.3 is 0 Å². The quantitative estimate of drug-likeness (QED) is 0.913. The van der Waals surface area contributed by atoms with Crippen LogP contribution in [0.3, 0.4) is 0 Å². The van der Waals surface area contributed by atoms with Gasteiger partial charge in [0.1, 0.15) is 17.4 Å². The van der Waals surface area contributed by atoms with E-state index in [0.29, 0.717) is 16.7 Å². The molecular weight excluding hydrogens is 274 g/mol. The highest BCUT2D eigenvalue weighted by atomic mass is 35.5. The number of anilines is 1. The van der Waals surface area contributed by atoms with Crippen LogP contribution in [0, 0.1) is 20.8 Å². The molecule has 0 atom stereocenters. The molecule has 1 aromatic heterocycles. The summed E-state index contributed by atoms with van der Waals surface area (Å²) in [6.07, 6.45) is 0. The number of hydrogen-bond donors (Lipinski definition) is 1. The Labute approximate surface area is 124 Å². The number of nitrogens with zero attached hydrogens (tertiary/aromatic N) is 2. The zero-order valence-electron chi connectivity index (χ0n) is 12.1. The summed E-state index contributed by atoms with van der Waals surface area (Å²) in [5, 5.41) is 3.91. The van der Waals surface area contributed by atoms with Gasteiger partial charge in [-0.3, -0.25) is 0 Å². The van der Waals surface area contributed by atoms with Crippen molar-refractivity contribution in [3.63, 3.8) is 0 Å². The molecule has 2 rings (SSSR count). The number of ether oxygens (including phenoxy) is 1. The van der Waals surface area contributed by atoms with Gasteiger partial charge in [0.15, 0.2) is 0 Å². The molecule has 2 aromatic rings. The SMILES string of the molecule is CCNc1nc(C)nc(Oc2ccc(Cl)cc2C)c1C. The van der Waals surface area contributed by atoms with Gasteiger partial charge in [-0.25, -0.2) is 4.98 Å². The van der Waals surface area contributed by atoms with Crippen LogP contribution in [0.5, 0.6) is 11.6 Å². The van der Waals surface area contributed by atoms with Gasteiger partial charge in [-0.1, -0.05) is 11.6 Å². The number of aromatic nitrogens is 2. The van der Waals surface area contributed by atoms with Crippen LogP contribution in [0.4, 0.5) is 5.82 Å². The molecule has 1 N–H and O–H groups in total. The molecule has 0 saturated carbocycles. The van der Waals surface area contributed by atoms with E-state index < -0.39 is 0 Å². The lowest BCUT2D eigenvalue weighted by Crippen LogP contribution is -2.06. The van der Waals surface area contributed by atoms with Crippen molar-refractivity contribution in [1.29, 1.82) is 0 Å². The van der Waals surface area contributed by atoms with Crippen LogP contribution in [0.1, 0.15) is 23.9 Å². The minimum Gasteiger partial charge on any atom is -0.438 e. The smallest absolute Gasteiger partial charge is 0.227 e. The predicted molar refractivity (Wildman–Crippen MR) is 81.9 cm³/mol. The van der Waals surface area contributed by atoms with Crippen LogP contribution in [-0.4, -0.2) is 16.5 Å². The summed E-state index contributed by atoms with van der Waals surface area (Å²) in [6.45, 7) is 8.58. The molecule has 0 bridgehead atoms. The van der Waals surface area contributed by atoms with Gasteiger partial charge in [-0.15, -0.1) is 0 Å². The van der Waals surface area contributed by atoms with E-state index in [1.54, 1.807) is 6.07 Å². The van der Waals surface area contributed by atoms with Crippen LogP contribution in [-0.2, 0) is 0 Å². The summed E-state index contributed by atoms with van der Waals surface area (Å²) in [5.41, 5.74) is 1.87. The largest absolute Gasteiger partial charge is 0.438 e. The van der Waals surface area contributed by atoms with Crippen LogP contribution < -0.4 is 10.1 Å². The van der Waals surface area contributed by atoms with Crippen molar-refractivity contribution in [3.05, 3.63) is 40.2 Å². The monoisotopic (exact) mass is 291 g/mol. The lowest BCUT2D eigenvalue weighted by atomic mass is 10.2. The Bertz CT molecular complexity index is 629. The Morgan fingerprint density at radius 3 is 2.60 bits per heavy atom. The van der Waals surface area contributed by atoms with E-state index in [2.05, 4.69) is 15.3 Å². The van der Waals surface area contributed by atoms with E-state index in [-0.39, 0.29) is 0 Å². The lowest BCUT2D eigenvalue weighted by Gasteiger charge is -2.14. The number of hydrogen-bond acceptors (Lipinski definition) is 4. The first-order valence-corrected chi connectivity index (χ1v) is 6.92. The minimum atomic E-state index is 0.568. The Kier molecular flexibility index (Phi) is 4.45. The zero-order valence-corrected chi connectivity index (χ0v) is 12.9. The van der Waals surface area contributed by atoms with Gasteiger partial charge in [0.2, 0.25) is 5.88 Å². The molecule has 0 aliphatic carbocycles. The third-order valence-corrected chi connectivity index (χ3v) is 3.14. The first-order chi connectivity index (χ1) is 9.51. The fourth-order valence-electron chi connectivity index (χ4n) is 1.87. The maximum Gasteiger partial charge on any atom is 0.227 e. The highest BCUT2D eigenvalue weighted by molar-refractivity contribution is 6.30. The summed E-state index contributed by atoms with van der Waals surface area (Å²) in [6, 6.07) is 5.52. The average Bonchev–Trinajstić information content (AvgIpc) is 2.38. The summed E-state index contributed by atoms with van der Waals surface area (Å²) in [4.78, 5) is 8.75. The Balaban J connectivity index is 2.37. The fraction of sp³-hybridized carbons (Fsp3) is 0.333. The highest BCUT2D eigenvalue weighted by Gasteiger charge is 2.12. The zero-order chi connectivity index (χ0) is 14.7. The molecule has 0 amide bonds. The fourth-order valence-corrected chi connectivity index (χ4v) is 2.10. The minimum absolute atomic E-state index is 0.568. The summed E-state index contributed by atoms with van der Waals surface area (Å²) in [7, 11) is 0. The third kappa shape index (κ3) is 3.20. The summed E-state index contributed by atoms with van der Waals surface area (Å²) >= 11 is 5.95. The number of halogens is 1. The van der Waals surface area contributed by atoms with E-state index in [4.69, 9.17) is 16.3 Å². The molecule has 0 fully saturated rings. The number of aryl methyl sites for hydroxylation is 2.